The quantitative estimate of drug-likeness (QED) is 0.806. The molecule has 0 saturated heterocycles. The molecule has 0 radical (unpaired) electrons. The molecule has 0 aliphatic rings. The molecule has 0 bridgehead atoms. The molecule has 2 aromatic heterocycles. The summed E-state index contributed by atoms with van der Waals surface area (Å²) in [6.07, 6.45) is 3.28. The summed E-state index contributed by atoms with van der Waals surface area (Å²) in [6, 6.07) is 1.51. The Kier molecular flexibility index (Phi) is 3.53. The van der Waals surface area contributed by atoms with Gasteiger partial charge in [-0.25, -0.2) is 9.97 Å². The van der Waals surface area contributed by atoms with Gasteiger partial charge in [0.1, 0.15) is 10.7 Å². The zero-order valence-electron chi connectivity index (χ0n) is 7.98. The van der Waals surface area contributed by atoms with Crippen LogP contribution in [0.25, 0.3) is 0 Å². The van der Waals surface area contributed by atoms with Crippen molar-refractivity contribution in [3.63, 3.8) is 0 Å². The molecule has 3 nitrogen and oxygen atoms in total. The van der Waals surface area contributed by atoms with Crippen LogP contribution in [0.2, 0.25) is 10.0 Å². The summed E-state index contributed by atoms with van der Waals surface area (Å²) in [5.41, 5.74) is 0.237. The third kappa shape index (κ3) is 2.58. The van der Waals surface area contributed by atoms with E-state index in [1.54, 1.807) is 6.20 Å². The largest absolute Gasteiger partial charge is 0.292 e. The molecule has 0 saturated carbocycles. The molecule has 0 spiro atoms. The SMILES string of the molecule is O=C(Cc1nccs1)c1ncc(Cl)cc1Cl. The Bertz CT molecular complexity index is 514. The zero-order valence-corrected chi connectivity index (χ0v) is 10.3. The van der Waals surface area contributed by atoms with Crippen molar-refractivity contribution in [1.82, 2.24) is 9.97 Å². The molecule has 16 heavy (non-hydrogen) atoms. The zero-order chi connectivity index (χ0) is 11.5. The van der Waals surface area contributed by atoms with Crippen molar-refractivity contribution in [2.45, 2.75) is 6.42 Å². The number of hydrogen-bond donors (Lipinski definition) is 0. The first-order valence-corrected chi connectivity index (χ1v) is 6.03. The smallest absolute Gasteiger partial charge is 0.189 e. The van der Waals surface area contributed by atoms with E-state index in [-0.39, 0.29) is 22.9 Å². The van der Waals surface area contributed by atoms with Crippen LogP contribution in [0.1, 0.15) is 15.5 Å². The third-order valence-electron chi connectivity index (χ3n) is 1.87. The molecule has 0 unspecified atom stereocenters. The number of nitrogens with zero attached hydrogens (tertiary/aromatic N) is 2. The van der Waals surface area contributed by atoms with Crippen LogP contribution in [-0.4, -0.2) is 15.8 Å². The van der Waals surface area contributed by atoms with Gasteiger partial charge in [-0.15, -0.1) is 11.3 Å². The van der Waals surface area contributed by atoms with Crippen molar-refractivity contribution in [2.24, 2.45) is 0 Å². The molecule has 0 aliphatic heterocycles. The summed E-state index contributed by atoms with van der Waals surface area (Å²) in [6.45, 7) is 0. The van der Waals surface area contributed by atoms with Gasteiger partial charge in [-0.1, -0.05) is 23.2 Å². The number of aromatic nitrogens is 2. The topological polar surface area (TPSA) is 42.9 Å². The van der Waals surface area contributed by atoms with Gasteiger partial charge >= 0.3 is 0 Å². The van der Waals surface area contributed by atoms with Crippen LogP contribution in [0.3, 0.4) is 0 Å². The molecule has 2 heterocycles. The average Bonchev–Trinajstić information content (AvgIpc) is 2.70. The van der Waals surface area contributed by atoms with E-state index < -0.39 is 0 Å². The van der Waals surface area contributed by atoms with Crippen LogP contribution in [0.4, 0.5) is 0 Å². The van der Waals surface area contributed by atoms with Crippen LogP contribution < -0.4 is 0 Å². The maximum atomic E-state index is 11.8. The van der Waals surface area contributed by atoms with E-state index in [9.17, 15) is 4.79 Å². The number of pyridine rings is 1. The molecule has 6 heteroatoms. The second-order valence-electron chi connectivity index (χ2n) is 3.01. The van der Waals surface area contributed by atoms with E-state index in [1.165, 1.54) is 23.6 Å². The summed E-state index contributed by atoms with van der Waals surface area (Å²) < 4.78 is 0. The maximum Gasteiger partial charge on any atom is 0.189 e. The molecule has 0 N–H and O–H groups in total. The van der Waals surface area contributed by atoms with Crippen LogP contribution in [-0.2, 0) is 6.42 Å². The van der Waals surface area contributed by atoms with E-state index in [4.69, 9.17) is 23.2 Å². The monoisotopic (exact) mass is 272 g/mol. The molecule has 0 fully saturated rings. The first-order valence-electron chi connectivity index (χ1n) is 4.39. The van der Waals surface area contributed by atoms with Crippen molar-refractivity contribution in [1.29, 1.82) is 0 Å². The highest BCUT2D eigenvalue weighted by molar-refractivity contribution is 7.09. The highest BCUT2D eigenvalue weighted by Gasteiger charge is 2.14. The fourth-order valence-electron chi connectivity index (χ4n) is 1.18. The summed E-state index contributed by atoms with van der Waals surface area (Å²) in [5, 5.41) is 3.25. The lowest BCUT2D eigenvalue weighted by Crippen LogP contribution is -2.06. The van der Waals surface area contributed by atoms with Gasteiger partial charge < -0.3 is 0 Å². The Hall–Kier alpha value is -0.970. The Morgan fingerprint density at radius 2 is 2.19 bits per heavy atom. The summed E-state index contributed by atoms with van der Waals surface area (Å²) in [5.74, 6) is -0.156. The van der Waals surface area contributed by atoms with Crippen LogP contribution in [0, 0.1) is 0 Å². The minimum Gasteiger partial charge on any atom is -0.292 e. The standard InChI is InChI=1S/C10H6Cl2N2OS/c11-6-3-7(12)10(14-5-6)8(15)4-9-13-1-2-16-9/h1-3,5H,4H2. The molecule has 0 atom stereocenters. The molecule has 0 aromatic carbocycles. The Morgan fingerprint density at radius 3 is 2.81 bits per heavy atom. The number of rotatable bonds is 3. The molecule has 0 aliphatic carbocycles. The third-order valence-corrected chi connectivity index (χ3v) is 3.14. The van der Waals surface area contributed by atoms with Gasteiger partial charge in [0.05, 0.1) is 16.5 Å². The van der Waals surface area contributed by atoms with Gasteiger partial charge in [0.2, 0.25) is 0 Å². The van der Waals surface area contributed by atoms with Crippen LogP contribution in [0.5, 0.6) is 0 Å². The van der Waals surface area contributed by atoms with Gasteiger partial charge in [-0.05, 0) is 6.07 Å². The van der Waals surface area contributed by atoms with E-state index >= 15 is 0 Å². The molecule has 2 rings (SSSR count). The van der Waals surface area contributed by atoms with E-state index in [0.29, 0.717) is 5.02 Å². The molecule has 82 valence electrons. The van der Waals surface area contributed by atoms with Gasteiger partial charge in [0.15, 0.2) is 5.78 Å². The predicted molar refractivity (Wildman–Crippen MR) is 64.4 cm³/mol. The average molecular weight is 273 g/mol. The molecule has 2 aromatic rings. The van der Waals surface area contributed by atoms with Crippen molar-refractivity contribution in [2.75, 3.05) is 0 Å². The lowest BCUT2D eigenvalue weighted by molar-refractivity contribution is 0.0988. The van der Waals surface area contributed by atoms with Crippen molar-refractivity contribution < 1.29 is 4.79 Å². The summed E-state index contributed by atoms with van der Waals surface area (Å²) in [7, 11) is 0. The number of thiazole rings is 1. The Labute approximate surface area is 106 Å². The van der Waals surface area contributed by atoms with Gasteiger partial charge in [-0.2, -0.15) is 0 Å². The molecular formula is C10H6Cl2N2OS. The number of carbonyl (C=O) groups is 1. The molecular weight excluding hydrogens is 267 g/mol. The van der Waals surface area contributed by atoms with Crippen molar-refractivity contribution in [3.8, 4) is 0 Å². The Morgan fingerprint density at radius 1 is 1.38 bits per heavy atom. The summed E-state index contributed by atoms with van der Waals surface area (Å²) >= 11 is 13.0. The number of ketones is 1. The number of carbonyl (C=O) groups excluding carboxylic acids is 1. The number of hydrogen-bond acceptors (Lipinski definition) is 4. The first-order chi connectivity index (χ1) is 7.66. The minimum atomic E-state index is -0.156. The minimum absolute atomic E-state index is 0.156. The number of halogens is 2. The second kappa shape index (κ2) is 4.91. The first kappa shape index (κ1) is 11.5. The molecule has 0 amide bonds. The van der Waals surface area contributed by atoms with Crippen LogP contribution in [0.15, 0.2) is 23.8 Å². The highest BCUT2D eigenvalue weighted by atomic mass is 35.5. The lowest BCUT2D eigenvalue weighted by atomic mass is 10.2. The van der Waals surface area contributed by atoms with Gasteiger partial charge in [0, 0.05) is 17.8 Å². The summed E-state index contributed by atoms with van der Waals surface area (Å²) in [4.78, 5) is 19.8. The fraction of sp³-hybridized carbons (Fsp3) is 0.100. The normalized spacial score (nSPS) is 10.4. The number of Topliss-reactive ketones (excluding diaryl/α,β-unsaturated/α-hetero) is 1. The lowest BCUT2D eigenvalue weighted by Gasteiger charge is -2.01. The second-order valence-corrected chi connectivity index (χ2v) is 4.83. The van der Waals surface area contributed by atoms with Gasteiger partial charge in [-0.3, -0.25) is 4.79 Å². The van der Waals surface area contributed by atoms with Crippen LogP contribution >= 0.6 is 34.5 Å². The van der Waals surface area contributed by atoms with E-state index in [1.807, 2.05) is 5.38 Å². The fourth-order valence-corrected chi connectivity index (χ4v) is 2.28. The van der Waals surface area contributed by atoms with E-state index in [0.717, 1.165) is 5.01 Å². The van der Waals surface area contributed by atoms with E-state index in [2.05, 4.69) is 9.97 Å². The Balaban J connectivity index is 2.21. The maximum absolute atomic E-state index is 11.8. The van der Waals surface area contributed by atoms with Crippen molar-refractivity contribution >= 4 is 40.3 Å². The predicted octanol–water partition coefficient (Wildman–Crippen LogP) is 3.27. The van der Waals surface area contributed by atoms with Crippen molar-refractivity contribution in [3.05, 3.63) is 44.6 Å². The highest BCUT2D eigenvalue weighted by Crippen LogP contribution is 2.20. The van der Waals surface area contributed by atoms with Gasteiger partial charge in [0.25, 0.3) is 0 Å².